The van der Waals surface area contributed by atoms with Gasteiger partial charge in [0.1, 0.15) is 11.4 Å². The average molecular weight is 565 g/mol. The molecule has 0 heterocycles. The summed E-state index contributed by atoms with van der Waals surface area (Å²) in [7, 11) is 0. The van der Waals surface area contributed by atoms with Crippen molar-refractivity contribution >= 4 is 11.8 Å². The molecule has 0 aromatic carbocycles. The van der Waals surface area contributed by atoms with Gasteiger partial charge in [-0.25, -0.2) is 0 Å². The van der Waals surface area contributed by atoms with Crippen molar-refractivity contribution in [2.24, 2.45) is 16.2 Å². The van der Waals surface area contributed by atoms with E-state index < -0.39 is 0 Å². The highest BCUT2D eigenvalue weighted by atomic mass is 16.6. The van der Waals surface area contributed by atoms with Gasteiger partial charge in [0.2, 0.25) is 0 Å². The molecule has 0 radical (unpaired) electrons. The third kappa shape index (κ3) is 33.0. The third-order valence-electron chi connectivity index (χ3n) is 5.97. The molecule has 0 saturated carbocycles. The maximum atomic E-state index is 11.6. The summed E-state index contributed by atoms with van der Waals surface area (Å²) in [6.07, 6.45) is 10.0. The first kappa shape index (κ1) is 42.4. The van der Waals surface area contributed by atoms with Gasteiger partial charge < -0.3 is 9.47 Å². The first-order valence-electron chi connectivity index (χ1n) is 14.5. The Bertz CT molecular complexity index is 1050. The lowest BCUT2D eigenvalue weighted by atomic mass is 9.78. The molecule has 0 N–H and O–H groups in total. The number of carbonyl (C=O) groups excluding carboxylic acids is 2. The summed E-state index contributed by atoms with van der Waals surface area (Å²) in [6, 6.07) is 0. The van der Waals surface area contributed by atoms with E-state index in [1.807, 2.05) is 41.5 Å². The van der Waals surface area contributed by atoms with E-state index in [-0.39, 0.29) is 22.4 Å². The molecule has 41 heavy (non-hydrogen) atoms. The van der Waals surface area contributed by atoms with Crippen LogP contribution in [0.3, 0.4) is 0 Å². The number of esters is 1. The molecule has 0 amide bonds. The molecule has 0 aliphatic heterocycles. The van der Waals surface area contributed by atoms with Gasteiger partial charge in [0.15, 0.2) is 0 Å². The molecule has 0 unspecified atom stereocenters. The van der Waals surface area contributed by atoms with Crippen molar-refractivity contribution in [2.75, 3.05) is 13.2 Å². The van der Waals surface area contributed by atoms with Crippen LogP contribution < -0.4 is 0 Å². The first-order chi connectivity index (χ1) is 18.8. The summed E-state index contributed by atoms with van der Waals surface area (Å²) in [4.78, 5) is 23.1. The Kier molecular flexibility index (Phi) is 23.3. The van der Waals surface area contributed by atoms with Gasteiger partial charge in [0.05, 0.1) is 0 Å². The molecule has 0 atom stereocenters. The van der Waals surface area contributed by atoms with Crippen LogP contribution in [0.1, 0.15) is 129 Å². The van der Waals surface area contributed by atoms with Crippen LogP contribution in [-0.2, 0) is 19.1 Å². The fraction of sp³-hybridized carbons (Fsp3) is 0.676. The predicted octanol–water partition coefficient (Wildman–Crippen LogP) is 8.03. The highest BCUT2D eigenvalue weighted by molar-refractivity contribution is 5.84. The largest absolute Gasteiger partial charge is 0.460 e. The van der Waals surface area contributed by atoms with Gasteiger partial charge in [-0.15, -0.1) is 6.42 Å². The van der Waals surface area contributed by atoms with E-state index in [4.69, 9.17) is 15.9 Å². The van der Waals surface area contributed by atoms with Crippen LogP contribution in [0, 0.1) is 76.0 Å². The van der Waals surface area contributed by atoms with Crippen LogP contribution in [0.2, 0.25) is 0 Å². The molecule has 0 aromatic rings. The minimum atomic E-state index is -0.386. The highest BCUT2D eigenvalue weighted by Gasteiger charge is 2.27. The molecular weight excluding hydrogens is 508 g/mol. The Morgan fingerprint density at radius 1 is 0.707 bits per heavy atom. The van der Waals surface area contributed by atoms with Crippen molar-refractivity contribution in [3.8, 4) is 59.7 Å². The number of carbonyl (C=O) groups is 2. The van der Waals surface area contributed by atoms with Gasteiger partial charge in [-0.05, 0) is 98.7 Å². The van der Waals surface area contributed by atoms with E-state index in [1.54, 1.807) is 6.92 Å². The van der Waals surface area contributed by atoms with Crippen LogP contribution in [0.5, 0.6) is 0 Å². The Morgan fingerprint density at radius 3 is 1.61 bits per heavy atom. The summed E-state index contributed by atoms with van der Waals surface area (Å²) in [5.41, 5.74) is -0.0366. The second kappa shape index (κ2) is 22.6. The van der Waals surface area contributed by atoms with Gasteiger partial charge in [0, 0.05) is 31.5 Å². The minimum Gasteiger partial charge on any atom is -0.460 e. The van der Waals surface area contributed by atoms with Gasteiger partial charge in [-0.2, -0.15) is 0 Å². The number of ketones is 1. The van der Waals surface area contributed by atoms with E-state index in [0.29, 0.717) is 30.6 Å². The predicted molar refractivity (Wildman–Crippen MR) is 173 cm³/mol. The molecule has 0 aliphatic carbocycles. The molecule has 0 fully saturated rings. The SMILES string of the molecule is C#CC#CC#CC#CC#CC.CCC(C)(C)CC(=O)C(C)(C)C.CCC(C)(C)CCOCCCC(=O)OC(C)(C)C. The molecule has 4 heteroatoms. The van der Waals surface area contributed by atoms with Crippen LogP contribution in [0.4, 0.5) is 0 Å². The molecule has 0 aromatic heterocycles. The van der Waals surface area contributed by atoms with E-state index in [1.165, 1.54) is 0 Å². The zero-order valence-corrected chi connectivity index (χ0v) is 28.4. The summed E-state index contributed by atoms with van der Waals surface area (Å²) in [5, 5.41) is 0. The van der Waals surface area contributed by atoms with E-state index in [0.717, 1.165) is 32.3 Å². The van der Waals surface area contributed by atoms with E-state index in [9.17, 15) is 9.59 Å². The Balaban J connectivity index is -0.000000552. The Labute approximate surface area is 253 Å². The number of hydrogen-bond donors (Lipinski definition) is 0. The summed E-state index contributed by atoms with van der Waals surface area (Å²) in [6.45, 7) is 27.9. The van der Waals surface area contributed by atoms with Crippen molar-refractivity contribution in [2.45, 2.75) is 134 Å². The molecule has 0 bridgehead atoms. The standard InChI is InChI=1S/C15H30O3.C11H22O.C11H4/c1-7-15(5,6)10-12-17-11-8-9-13(16)18-14(2,3)4;1-7-11(5,6)8-9(12)10(2,3)4;1-3-5-7-9-11-10-8-6-4-2/h7-12H2,1-6H3;7-8H2,1-6H3;1H,2H3. The zero-order chi connectivity index (χ0) is 32.6. The van der Waals surface area contributed by atoms with Gasteiger partial charge in [-0.3, -0.25) is 9.59 Å². The summed E-state index contributed by atoms with van der Waals surface area (Å²) >= 11 is 0. The number of Topliss-reactive ketones (excluding diaryl/α,β-unsaturated/α-hetero) is 1. The Morgan fingerprint density at radius 2 is 1.20 bits per heavy atom. The maximum absolute atomic E-state index is 11.6. The average Bonchev–Trinajstić information content (AvgIpc) is 2.84. The fourth-order valence-corrected chi connectivity index (χ4v) is 2.42. The van der Waals surface area contributed by atoms with E-state index >= 15 is 0 Å². The lowest BCUT2D eigenvalue weighted by Gasteiger charge is -2.26. The van der Waals surface area contributed by atoms with Crippen LogP contribution in [-0.4, -0.2) is 30.6 Å². The topological polar surface area (TPSA) is 52.6 Å². The molecule has 4 nitrogen and oxygen atoms in total. The fourth-order valence-electron chi connectivity index (χ4n) is 2.42. The van der Waals surface area contributed by atoms with Crippen molar-refractivity contribution in [1.29, 1.82) is 0 Å². The van der Waals surface area contributed by atoms with Crippen molar-refractivity contribution in [3.05, 3.63) is 0 Å². The lowest BCUT2D eigenvalue weighted by molar-refractivity contribution is -0.155. The van der Waals surface area contributed by atoms with Gasteiger partial charge >= 0.3 is 5.97 Å². The van der Waals surface area contributed by atoms with Gasteiger partial charge in [0.25, 0.3) is 0 Å². The van der Waals surface area contributed by atoms with Crippen molar-refractivity contribution in [3.63, 3.8) is 0 Å². The summed E-state index contributed by atoms with van der Waals surface area (Å²) in [5.74, 6) is 22.2. The maximum Gasteiger partial charge on any atom is 0.306 e. The van der Waals surface area contributed by atoms with Gasteiger partial charge in [-0.1, -0.05) is 81.1 Å². The molecule has 0 rings (SSSR count). The zero-order valence-electron chi connectivity index (χ0n) is 28.4. The number of terminal acetylenes is 1. The molecule has 0 aliphatic rings. The van der Waals surface area contributed by atoms with Crippen LogP contribution in [0.25, 0.3) is 0 Å². The molecular formula is C37H56O4. The highest BCUT2D eigenvalue weighted by Crippen LogP contribution is 2.29. The molecule has 0 saturated heterocycles. The monoisotopic (exact) mass is 564 g/mol. The second-order valence-electron chi connectivity index (χ2n) is 13.2. The van der Waals surface area contributed by atoms with Crippen LogP contribution >= 0.6 is 0 Å². The van der Waals surface area contributed by atoms with Crippen LogP contribution in [0.15, 0.2) is 0 Å². The number of rotatable bonds is 11. The molecule has 0 spiro atoms. The second-order valence-corrected chi connectivity index (χ2v) is 13.2. The Hall–Kier alpha value is -3.10. The smallest absolute Gasteiger partial charge is 0.306 e. The summed E-state index contributed by atoms with van der Waals surface area (Å²) < 4.78 is 10.8. The molecule has 228 valence electrons. The minimum absolute atomic E-state index is 0.139. The first-order valence-corrected chi connectivity index (χ1v) is 14.5. The van der Waals surface area contributed by atoms with Crippen molar-refractivity contribution in [1.82, 2.24) is 0 Å². The number of ether oxygens (including phenoxy) is 2. The quantitative estimate of drug-likeness (QED) is 0.145. The normalized spacial score (nSPS) is 10.3. The van der Waals surface area contributed by atoms with Crippen molar-refractivity contribution < 1.29 is 19.1 Å². The lowest BCUT2D eigenvalue weighted by Crippen LogP contribution is -2.26. The van der Waals surface area contributed by atoms with E-state index in [2.05, 4.69) is 94.8 Å². The third-order valence-corrected chi connectivity index (χ3v) is 5.97. The number of hydrogen-bond acceptors (Lipinski definition) is 4.